The number of hydrogen-bond donors (Lipinski definition) is 1. The quantitative estimate of drug-likeness (QED) is 0.0774. The third kappa shape index (κ3) is 26.8. The van der Waals surface area contributed by atoms with Crippen molar-refractivity contribution in [3.63, 3.8) is 0 Å². The maximum absolute atomic E-state index is 11.8. The molecule has 0 aromatic rings. The molecular formula is C25H55AsO4P+. The first-order valence-corrected chi connectivity index (χ1v) is 21.6. The van der Waals surface area contributed by atoms with Crippen LogP contribution in [0.2, 0.25) is 22.3 Å². The second kappa shape index (κ2) is 21.2. The molecule has 188 valence electrons. The summed E-state index contributed by atoms with van der Waals surface area (Å²) in [4.78, 5) is 9.69. The SMILES string of the molecule is CCCCCCCCCCCCCCCCCCCCOP(=O)(O)OCC[As+](C)(C)C. The first kappa shape index (κ1) is 31.7. The van der Waals surface area contributed by atoms with Crippen LogP contribution in [0.15, 0.2) is 0 Å². The molecule has 0 spiro atoms. The van der Waals surface area contributed by atoms with Gasteiger partial charge in [-0.25, -0.2) is 0 Å². The van der Waals surface area contributed by atoms with E-state index in [9.17, 15) is 9.46 Å². The first-order valence-electron chi connectivity index (χ1n) is 13.2. The molecule has 0 heterocycles. The van der Waals surface area contributed by atoms with Gasteiger partial charge in [0.1, 0.15) is 0 Å². The fourth-order valence-electron chi connectivity index (χ4n) is 3.65. The van der Waals surface area contributed by atoms with E-state index in [0.29, 0.717) is 13.2 Å². The van der Waals surface area contributed by atoms with Crippen molar-refractivity contribution in [1.82, 2.24) is 0 Å². The van der Waals surface area contributed by atoms with E-state index in [2.05, 4.69) is 24.1 Å². The molecule has 0 saturated carbocycles. The van der Waals surface area contributed by atoms with E-state index < -0.39 is 21.4 Å². The predicted molar refractivity (Wildman–Crippen MR) is 139 cm³/mol. The van der Waals surface area contributed by atoms with Gasteiger partial charge in [0, 0.05) is 0 Å². The summed E-state index contributed by atoms with van der Waals surface area (Å²) >= 11 is -1.57. The fraction of sp³-hybridized carbons (Fsp3) is 1.00. The van der Waals surface area contributed by atoms with Crippen LogP contribution < -0.4 is 0 Å². The monoisotopic (exact) mass is 525 g/mol. The van der Waals surface area contributed by atoms with E-state index in [1.807, 2.05) is 0 Å². The Morgan fingerprint density at radius 2 is 0.903 bits per heavy atom. The predicted octanol–water partition coefficient (Wildman–Crippen LogP) is 9.50. The third-order valence-electron chi connectivity index (χ3n) is 5.77. The van der Waals surface area contributed by atoms with Crippen molar-refractivity contribution in [3.05, 3.63) is 0 Å². The van der Waals surface area contributed by atoms with Crippen LogP contribution in [-0.2, 0) is 13.6 Å². The van der Waals surface area contributed by atoms with Crippen LogP contribution in [-0.4, -0.2) is 31.7 Å². The van der Waals surface area contributed by atoms with Crippen LogP contribution in [0, 0.1) is 0 Å². The summed E-state index contributed by atoms with van der Waals surface area (Å²) in [6, 6.07) is 0. The van der Waals surface area contributed by atoms with Crippen LogP contribution in [0.3, 0.4) is 0 Å². The molecule has 0 radical (unpaired) electrons. The van der Waals surface area contributed by atoms with E-state index in [4.69, 9.17) is 9.05 Å². The second-order valence-corrected chi connectivity index (χ2v) is 22.2. The van der Waals surface area contributed by atoms with Gasteiger partial charge >= 0.3 is 114 Å². The minimum absolute atomic E-state index is 0.322. The average Bonchev–Trinajstić information content (AvgIpc) is 2.68. The summed E-state index contributed by atoms with van der Waals surface area (Å²) in [5, 5.41) is 0.908. The molecule has 0 aliphatic rings. The molecule has 0 bridgehead atoms. The number of phosphoric acid groups is 1. The van der Waals surface area contributed by atoms with Crippen LogP contribution in [0.25, 0.3) is 0 Å². The Labute approximate surface area is 197 Å². The molecule has 1 atom stereocenters. The fourth-order valence-corrected chi connectivity index (χ4v) is 6.06. The molecular weight excluding hydrogens is 470 g/mol. The molecule has 6 heteroatoms. The second-order valence-electron chi connectivity index (χ2n) is 10.2. The summed E-state index contributed by atoms with van der Waals surface area (Å²) in [5.74, 6) is 0. The van der Waals surface area contributed by atoms with Crippen molar-refractivity contribution in [2.75, 3.05) is 13.2 Å². The van der Waals surface area contributed by atoms with Gasteiger partial charge in [-0.05, 0) is 0 Å². The Morgan fingerprint density at radius 3 is 1.26 bits per heavy atom. The molecule has 1 N–H and O–H groups in total. The molecule has 0 aromatic carbocycles. The summed E-state index contributed by atoms with van der Waals surface area (Å²) < 4.78 is 22.0. The molecule has 0 amide bonds. The van der Waals surface area contributed by atoms with Gasteiger partial charge in [0.25, 0.3) is 0 Å². The zero-order valence-corrected chi connectivity index (χ0v) is 24.2. The van der Waals surface area contributed by atoms with Gasteiger partial charge < -0.3 is 0 Å². The van der Waals surface area contributed by atoms with Crippen LogP contribution in [0.1, 0.15) is 122 Å². The van der Waals surface area contributed by atoms with Gasteiger partial charge in [-0.2, -0.15) is 0 Å². The molecule has 0 rings (SSSR count). The Bertz CT molecular complexity index is 426. The van der Waals surface area contributed by atoms with E-state index in [-0.39, 0.29) is 0 Å². The molecule has 0 saturated heterocycles. The summed E-state index contributed by atoms with van der Waals surface area (Å²) in [6.07, 6.45) is 24.0. The third-order valence-corrected chi connectivity index (χ3v) is 9.98. The number of rotatable bonds is 24. The molecule has 0 aliphatic heterocycles. The topological polar surface area (TPSA) is 55.8 Å². The van der Waals surface area contributed by atoms with Gasteiger partial charge in [0.2, 0.25) is 0 Å². The molecule has 1 unspecified atom stereocenters. The van der Waals surface area contributed by atoms with E-state index >= 15 is 0 Å². The van der Waals surface area contributed by atoms with Crippen LogP contribution >= 0.6 is 7.82 Å². The van der Waals surface area contributed by atoms with Crippen molar-refractivity contribution in [2.24, 2.45) is 0 Å². The molecule has 31 heavy (non-hydrogen) atoms. The number of hydrogen-bond acceptors (Lipinski definition) is 3. The van der Waals surface area contributed by atoms with Crippen molar-refractivity contribution < 1.29 is 18.5 Å². The molecule has 0 aliphatic carbocycles. The van der Waals surface area contributed by atoms with Gasteiger partial charge in [-0.15, -0.1) is 0 Å². The normalized spacial score (nSPS) is 14.1. The summed E-state index contributed by atoms with van der Waals surface area (Å²) in [6.45, 7) is 2.94. The van der Waals surface area contributed by atoms with Crippen LogP contribution in [0.5, 0.6) is 0 Å². The van der Waals surface area contributed by atoms with E-state index in [1.54, 1.807) is 0 Å². The number of unbranched alkanes of at least 4 members (excludes halogenated alkanes) is 17. The van der Waals surface area contributed by atoms with Crippen molar-refractivity contribution >= 4 is 21.4 Å². The Morgan fingerprint density at radius 1 is 0.581 bits per heavy atom. The van der Waals surface area contributed by atoms with Gasteiger partial charge in [0.05, 0.1) is 0 Å². The van der Waals surface area contributed by atoms with Gasteiger partial charge in [-0.1, -0.05) is 84.0 Å². The average molecular weight is 526 g/mol. The molecule has 0 fully saturated rings. The molecule has 0 aromatic heterocycles. The minimum atomic E-state index is -3.84. The Balaban J connectivity index is 3.25. The first-order chi connectivity index (χ1) is 14.8. The summed E-state index contributed by atoms with van der Waals surface area (Å²) in [7, 11) is -3.84. The maximum atomic E-state index is 11.8. The molecule has 4 nitrogen and oxygen atoms in total. The standard InChI is InChI=1S/C25H54AsO4P/c1-5-6-7-8-9-10-11-12-13-14-15-16-17-18-19-20-21-22-24-29-31(27,28)30-25-23-26(2,3)4/h5-25H2,1-4H3/p+1. The van der Waals surface area contributed by atoms with E-state index in [0.717, 1.165) is 18.1 Å². The number of phosphoric ester groups is 1. The van der Waals surface area contributed by atoms with Crippen molar-refractivity contribution in [3.8, 4) is 0 Å². The van der Waals surface area contributed by atoms with Gasteiger partial charge in [-0.3, -0.25) is 0 Å². The zero-order chi connectivity index (χ0) is 23.3. The van der Waals surface area contributed by atoms with Crippen molar-refractivity contribution in [2.45, 2.75) is 145 Å². The summed E-state index contributed by atoms with van der Waals surface area (Å²) in [5.41, 5.74) is 6.76. The van der Waals surface area contributed by atoms with E-state index in [1.165, 1.54) is 103 Å². The van der Waals surface area contributed by atoms with Crippen molar-refractivity contribution in [1.29, 1.82) is 0 Å². The zero-order valence-electron chi connectivity index (χ0n) is 21.4. The van der Waals surface area contributed by atoms with Gasteiger partial charge in [0.15, 0.2) is 0 Å². The van der Waals surface area contributed by atoms with Crippen LogP contribution in [0.4, 0.5) is 0 Å². The Kier molecular flexibility index (Phi) is 21.7. The Hall–Kier alpha value is 0.668.